The van der Waals surface area contributed by atoms with Gasteiger partial charge in [-0.25, -0.2) is 4.98 Å². The van der Waals surface area contributed by atoms with Crippen LogP contribution in [0.2, 0.25) is 10.0 Å². The van der Waals surface area contributed by atoms with Gasteiger partial charge in [0.05, 0.1) is 31.7 Å². The molecule has 0 bridgehead atoms. The first-order valence-corrected chi connectivity index (χ1v) is 17.7. The number of amidine groups is 1. The number of nitrogens with two attached hydrogens (primary N) is 1. The number of nitrogen functional groups attached to an aromatic ring is 1. The van der Waals surface area contributed by atoms with Crippen molar-refractivity contribution in [1.82, 2.24) is 9.97 Å². The van der Waals surface area contributed by atoms with Crippen LogP contribution in [0.5, 0.6) is 0 Å². The van der Waals surface area contributed by atoms with E-state index in [0.717, 1.165) is 11.4 Å². The molecule has 0 aliphatic carbocycles. The van der Waals surface area contributed by atoms with Crippen LogP contribution in [0.25, 0.3) is 11.4 Å². The lowest BCUT2D eigenvalue weighted by Gasteiger charge is -2.38. The average Bonchev–Trinajstić information content (AvgIpc) is 3.43. The molecule has 0 amide bonds. The zero-order valence-corrected chi connectivity index (χ0v) is 29.6. The summed E-state index contributed by atoms with van der Waals surface area (Å²) in [5, 5.41) is 52.9. The standard InChI is InChI=1S/C10H9ClN2O.C7H7ClN2.C6H12O6.ClH.I2.HI/c11-8-3-1-7(2-4-8)10-12-5-9(6-14)13-10;8-6-3-1-5(2-4-6)7(9)10;7-1-5(9)3-12-6(10,2-8)4-11-5;;1-2;/h1-5,14H,6H2,(H,12,13);1-4H,(H3,9,10);7-10H,1-4H2;1H;;1H. The summed E-state index contributed by atoms with van der Waals surface area (Å²) in [6.45, 7) is -2.01. The molecule has 1 aromatic heterocycles. The summed E-state index contributed by atoms with van der Waals surface area (Å²) in [5.74, 6) is -2.72. The molecule has 0 radical (unpaired) electrons. The number of aromatic amines is 1. The maximum Gasteiger partial charge on any atom is 0.213 e. The molecule has 2 atom stereocenters. The Morgan fingerprint density at radius 1 is 0.925 bits per heavy atom. The van der Waals surface area contributed by atoms with Crippen LogP contribution in [0.15, 0.2) is 54.7 Å². The van der Waals surface area contributed by atoms with Gasteiger partial charge in [0.15, 0.2) is 0 Å². The first kappa shape index (κ1) is 42.0. The Hall–Kier alpha value is -0.1000. The van der Waals surface area contributed by atoms with Gasteiger partial charge in [0, 0.05) is 58.4 Å². The van der Waals surface area contributed by atoms with Gasteiger partial charge in [-0.05, 0) is 48.5 Å². The molecule has 2 unspecified atom stereocenters. The van der Waals surface area contributed by atoms with Gasteiger partial charge in [-0.2, -0.15) is 0 Å². The fourth-order valence-corrected chi connectivity index (χ4v) is 2.84. The minimum Gasteiger partial charge on any atom is -0.391 e. The second-order valence-electron chi connectivity index (χ2n) is 7.63. The minimum atomic E-state index is -1.76. The molecule has 0 saturated carbocycles. The van der Waals surface area contributed by atoms with Gasteiger partial charge in [0.25, 0.3) is 0 Å². The fraction of sp³-hybridized carbons (Fsp3) is 0.304. The second-order valence-corrected chi connectivity index (χ2v) is 8.50. The zero-order valence-electron chi connectivity index (χ0n) is 20.6. The normalized spacial score (nSPS) is 19.0. The van der Waals surface area contributed by atoms with Crippen LogP contribution in [-0.2, 0) is 16.1 Å². The number of rotatable bonds is 5. The molecule has 17 heteroatoms. The van der Waals surface area contributed by atoms with Gasteiger partial charge >= 0.3 is 0 Å². The third kappa shape index (κ3) is 14.9. The Labute approximate surface area is 288 Å². The first-order valence-electron chi connectivity index (χ1n) is 10.6. The van der Waals surface area contributed by atoms with Crippen molar-refractivity contribution in [3.63, 3.8) is 0 Å². The molecule has 1 aliphatic heterocycles. The molecule has 9 N–H and O–H groups in total. The highest BCUT2D eigenvalue weighted by Gasteiger charge is 2.42. The van der Waals surface area contributed by atoms with Crippen LogP contribution >= 0.6 is 96.8 Å². The van der Waals surface area contributed by atoms with Crippen molar-refractivity contribution in [2.75, 3.05) is 26.4 Å². The molecule has 1 saturated heterocycles. The van der Waals surface area contributed by atoms with Crippen molar-refractivity contribution in [1.29, 1.82) is 5.41 Å². The number of benzene rings is 2. The van der Waals surface area contributed by atoms with Crippen molar-refractivity contribution in [2.45, 2.75) is 18.2 Å². The molecule has 11 nitrogen and oxygen atoms in total. The lowest BCUT2D eigenvalue weighted by Crippen LogP contribution is -2.56. The summed E-state index contributed by atoms with van der Waals surface area (Å²) in [4.78, 5) is 7.12. The lowest BCUT2D eigenvalue weighted by atomic mass is 10.2. The Balaban J connectivity index is 0. The Morgan fingerprint density at radius 3 is 1.68 bits per heavy atom. The molecular formula is C23H30Cl3I3N4O7. The molecule has 2 aromatic carbocycles. The average molecular weight is 962 g/mol. The smallest absolute Gasteiger partial charge is 0.213 e. The molecule has 0 spiro atoms. The van der Waals surface area contributed by atoms with E-state index in [4.69, 9.17) is 59.1 Å². The molecule has 3 aromatic rings. The summed E-state index contributed by atoms with van der Waals surface area (Å²) in [6.07, 6.45) is 1.62. The predicted octanol–water partition coefficient (Wildman–Crippen LogP) is 4.05. The number of hydrogen-bond donors (Lipinski definition) is 8. The van der Waals surface area contributed by atoms with Gasteiger partial charge in [0.1, 0.15) is 24.9 Å². The van der Waals surface area contributed by atoms with Crippen molar-refractivity contribution < 1.29 is 35.0 Å². The quantitative estimate of drug-likeness (QED) is 0.106. The SMILES string of the molecule is Cl.I.II.N=C(N)c1ccc(Cl)cc1.OCC1(O)COC(O)(CO)CO1.OCc1cnc(-c2ccc(Cl)cc2)[nH]1. The Morgan fingerprint density at radius 2 is 1.35 bits per heavy atom. The van der Waals surface area contributed by atoms with Crippen molar-refractivity contribution in [3.05, 3.63) is 76.0 Å². The van der Waals surface area contributed by atoms with Gasteiger partial charge in [0.2, 0.25) is 11.6 Å². The third-order valence-electron chi connectivity index (χ3n) is 4.70. The number of aliphatic hydroxyl groups excluding tert-OH is 3. The van der Waals surface area contributed by atoms with Gasteiger partial charge in [-0.1, -0.05) is 23.2 Å². The van der Waals surface area contributed by atoms with Crippen LogP contribution in [0.1, 0.15) is 11.3 Å². The molecular weight excluding hydrogens is 931 g/mol. The third-order valence-corrected chi connectivity index (χ3v) is 5.20. The molecule has 1 fully saturated rings. The second kappa shape index (κ2) is 21.6. The van der Waals surface area contributed by atoms with E-state index in [1.54, 1.807) is 42.6 Å². The largest absolute Gasteiger partial charge is 0.391 e. The Bertz CT molecular complexity index is 1090. The van der Waals surface area contributed by atoms with E-state index in [1.807, 2.05) is 12.1 Å². The predicted molar refractivity (Wildman–Crippen MR) is 184 cm³/mol. The van der Waals surface area contributed by atoms with E-state index in [1.165, 1.54) is 0 Å². The van der Waals surface area contributed by atoms with Crippen LogP contribution in [0.3, 0.4) is 0 Å². The van der Waals surface area contributed by atoms with Crippen molar-refractivity contribution in [3.8, 4) is 11.4 Å². The number of ether oxygens (including phenoxy) is 2. The number of aromatic nitrogens is 2. The number of hydrogen-bond acceptors (Lipinski definition) is 9. The molecule has 226 valence electrons. The van der Waals surface area contributed by atoms with Gasteiger partial charge in [-0.3, -0.25) is 5.41 Å². The van der Waals surface area contributed by atoms with Crippen LogP contribution < -0.4 is 5.73 Å². The number of nitrogens with zero attached hydrogens (tertiary/aromatic N) is 1. The Kier molecular flexibility index (Phi) is 22.7. The summed E-state index contributed by atoms with van der Waals surface area (Å²) >= 11 is 15.6. The molecule has 1 aliphatic rings. The zero-order chi connectivity index (χ0) is 28.8. The number of halogens is 6. The van der Waals surface area contributed by atoms with E-state index < -0.39 is 24.8 Å². The number of H-pyrrole nitrogens is 1. The number of aliphatic hydroxyl groups is 5. The summed E-state index contributed by atoms with van der Waals surface area (Å²) in [5.41, 5.74) is 7.56. The van der Waals surface area contributed by atoms with Crippen LogP contribution in [0, 0.1) is 5.41 Å². The summed E-state index contributed by atoms with van der Waals surface area (Å²) in [7, 11) is 0. The molecule has 2 heterocycles. The number of nitrogens with one attached hydrogen (secondary N) is 2. The monoisotopic (exact) mass is 960 g/mol. The maximum atomic E-state index is 9.22. The lowest BCUT2D eigenvalue weighted by molar-refractivity contribution is -0.377. The van der Waals surface area contributed by atoms with E-state index in [9.17, 15) is 10.2 Å². The maximum absolute atomic E-state index is 9.22. The highest BCUT2D eigenvalue weighted by Crippen LogP contribution is 2.21. The highest BCUT2D eigenvalue weighted by molar-refractivity contribution is 15.0. The van der Waals surface area contributed by atoms with E-state index in [-0.39, 0.29) is 62.0 Å². The van der Waals surface area contributed by atoms with Crippen molar-refractivity contribution in [2.24, 2.45) is 5.73 Å². The van der Waals surface area contributed by atoms with E-state index in [2.05, 4.69) is 47.2 Å². The highest BCUT2D eigenvalue weighted by atomic mass is 128. The van der Waals surface area contributed by atoms with E-state index >= 15 is 0 Å². The molecule has 4 rings (SSSR count). The summed E-state index contributed by atoms with van der Waals surface area (Å²) < 4.78 is 9.38. The van der Waals surface area contributed by atoms with Crippen molar-refractivity contribution >= 4 is 103 Å². The van der Waals surface area contributed by atoms with Crippen LogP contribution in [0.4, 0.5) is 0 Å². The van der Waals surface area contributed by atoms with Gasteiger partial charge in [-0.15, -0.1) is 36.4 Å². The van der Waals surface area contributed by atoms with Crippen LogP contribution in [-0.4, -0.2) is 79.3 Å². The topological polar surface area (TPSA) is 198 Å². The minimum absolute atomic E-state index is 0. The summed E-state index contributed by atoms with van der Waals surface area (Å²) in [6, 6.07) is 14.2. The number of imidazole rings is 1. The molecule has 40 heavy (non-hydrogen) atoms. The first-order chi connectivity index (χ1) is 18.0. The van der Waals surface area contributed by atoms with Gasteiger partial charge < -0.3 is 45.7 Å². The fourth-order valence-electron chi connectivity index (χ4n) is 2.58. The van der Waals surface area contributed by atoms with E-state index in [0.29, 0.717) is 21.3 Å².